The van der Waals surface area contributed by atoms with E-state index >= 15 is 0 Å². The van der Waals surface area contributed by atoms with Gasteiger partial charge in [0.1, 0.15) is 11.5 Å². The first kappa shape index (κ1) is 14.0. The first-order valence-corrected chi connectivity index (χ1v) is 7.60. The fraction of sp³-hybridized carbons (Fsp3) is 0.412. The van der Waals surface area contributed by atoms with E-state index in [1.165, 1.54) is 11.4 Å². The van der Waals surface area contributed by atoms with Gasteiger partial charge in [-0.3, -0.25) is 0 Å². The molecule has 1 aromatic heterocycles. The molecule has 0 spiro atoms. The highest BCUT2D eigenvalue weighted by Gasteiger charge is 2.28. The third kappa shape index (κ3) is 2.51. The van der Waals surface area contributed by atoms with Crippen LogP contribution >= 0.6 is 0 Å². The van der Waals surface area contributed by atoms with Gasteiger partial charge >= 0.3 is 0 Å². The number of nitrogens with two attached hydrogens (primary N) is 1. The Kier molecular flexibility index (Phi) is 3.88. The third-order valence-electron chi connectivity index (χ3n) is 4.24. The molecule has 0 saturated heterocycles. The van der Waals surface area contributed by atoms with E-state index in [9.17, 15) is 0 Å². The summed E-state index contributed by atoms with van der Waals surface area (Å²) in [5.74, 6) is 1.99. The smallest absolute Gasteiger partial charge is 0.127 e. The minimum Gasteiger partial charge on any atom is -0.464 e. The number of nitrogens with zero attached hydrogens (tertiary/aromatic N) is 2. The monoisotopic (exact) mass is 285 g/mol. The van der Waals surface area contributed by atoms with Crippen molar-refractivity contribution in [3.63, 3.8) is 0 Å². The molecule has 4 nitrogen and oxygen atoms in total. The van der Waals surface area contributed by atoms with Gasteiger partial charge in [0.2, 0.25) is 0 Å². The van der Waals surface area contributed by atoms with Gasteiger partial charge in [0.05, 0.1) is 17.4 Å². The van der Waals surface area contributed by atoms with Gasteiger partial charge in [-0.15, -0.1) is 0 Å². The van der Waals surface area contributed by atoms with Crippen LogP contribution in [0.2, 0.25) is 0 Å². The zero-order valence-corrected chi connectivity index (χ0v) is 12.7. The van der Waals surface area contributed by atoms with Crippen molar-refractivity contribution >= 4 is 11.4 Å². The van der Waals surface area contributed by atoms with Crippen LogP contribution in [0.1, 0.15) is 24.5 Å². The van der Waals surface area contributed by atoms with Gasteiger partial charge in [-0.1, -0.05) is 19.1 Å². The molecule has 112 valence electrons. The predicted octanol–water partition coefficient (Wildman–Crippen LogP) is 2.80. The Morgan fingerprint density at radius 1 is 1.14 bits per heavy atom. The zero-order valence-electron chi connectivity index (χ0n) is 12.7. The van der Waals surface area contributed by atoms with Crippen LogP contribution in [0.5, 0.6) is 0 Å². The lowest BCUT2D eigenvalue weighted by Crippen LogP contribution is -2.43. The summed E-state index contributed by atoms with van der Waals surface area (Å²) >= 11 is 0. The maximum Gasteiger partial charge on any atom is 0.127 e. The Hall–Kier alpha value is -1.94. The highest BCUT2D eigenvalue weighted by Crippen LogP contribution is 2.37. The molecular formula is C17H23N3O. The van der Waals surface area contributed by atoms with Crippen LogP contribution in [0.25, 0.3) is 0 Å². The number of hydrogen-bond acceptors (Lipinski definition) is 4. The van der Waals surface area contributed by atoms with E-state index in [-0.39, 0.29) is 6.04 Å². The summed E-state index contributed by atoms with van der Waals surface area (Å²) in [6, 6.07) is 12.7. The van der Waals surface area contributed by atoms with Crippen molar-refractivity contribution in [1.82, 2.24) is 0 Å². The van der Waals surface area contributed by atoms with E-state index < -0.39 is 0 Å². The second kappa shape index (κ2) is 5.82. The van der Waals surface area contributed by atoms with Crippen LogP contribution in [0.4, 0.5) is 11.4 Å². The first-order chi connectivity index (χ1) is 10.2. The number of para-hydroxylation sites is 2. The standard InChI is InChI=1S/C17H23N3O/c1-3-13-8-9-17(21-13)16(12-18)20-11-10-19(2)14-6-4-5-7-15(14)20/h4-9,16H,3,10-12,18H2,1-2H3. The average molecular weight is 285 g/mol. The highest BCUT2D eigenvalue weighted by molar-refractivity contribution is 5.73. The molecule has 0 radical (unpaired) electrons. The molecule has 1 aliphatic heterocycles. The molecule has 4 heteroatoms. The molecule has 2 heterocycles. The summed E-state index contributed by atoms with van der Waals surface area (Å²) in [4.78, 5) is 4.66. The van der Waals surface area contributed by atoms with Gasteiger partial charge in [0.15, 0.2) is 0 Å². The first-order valence-electron chi connectivity index (χ1n) is 7.60. The summed E-state index contributed by atoms with van der Waals surface area (Å²) in [7, 11) is 2.13. The topological polar surface area (TPSA) is 45.6 Å². The summed E-state index contributed by atoms with van der Waals surface area (Å²) in [6.45, 7) is 4.60. The van der Waals surface area contributed by atoms with Crippen LogP contribution < -0.4 is 15.5 Å². The van der Waals surface area contributed by atoms with Crippen LogP contribution in [-0.4, -0.2) is 26.7 Å². The SMILES string of the molecule is CCc1ccc(C(CN)N2CCN(C)c3ccccc32)o1. The lowest BCUT2D eigenvalue weighted by Gasteiger charge is -2.40. The van der Waals surface area contributed by atoms with E-state index in [0.29, 0.717) is 6.54 Å². The van der Waals surface area contributed by atoms with E-state index in [2.05, 4.69) is 60.2 Å². The van der Waals surface area contributed by atoms with Crippen molar-refractivity contribution in [3.8, 4) is 0 Å². The van der Waals surface area contributed by atoms with E-state index in [4.69, 9.17) is 10.2 Å². The Labute approximate surface area is 126 Å². The van der Waals surface area contributed by atoms with E-state index in [0.717, 1.165) is 31.0 Å². The number of hydrogen-bond donors (Lipinski definition) is 1. The molecule has 21 heavy (non-hydrogen) atoms. The Balaban J connectivity index is 1.96. The largest absolute Gasteiger partial charge is 0.464 e. The van der Waals surface area contributed by atoms with Gasteiger partial charge in [-0.05, 0) is 24.3 Å². The summed E-state index contributed by atoms with van der Waals surface area (Å²) in [5, 5.41) is 0. The quantitative estimate of drug-likeness (QED) is 0.938. The number of likely N-dealkylation sites (N-methyl/N-ethyl adjacent to an activating group) is 1. The number of furan rings is 1. The van der Waals surface area contributed by atoms with Gasteiger partial charge in [0, 0.05) is 33.1 Å². The van der Waals surface area contributed by atoms with Crippen molar-refractivity contribution in [2.45, 2.75) is 19.4 Å². The van der Waals surface area contributed by atoms with Gasteiger partial charge in [-0.2, -0.15) is 0 Å². The molecule has 0 bridgehead atoms. The second-order valence-electron chi connectivity index (χ2n) is 5.51. The maximum atomic E-state index is 6.06. The Bertz CT molecular complexity index is 608. The van der Waals surface area contributed by atoms with Crippen molar-refractivity contribution in [2.75, 3.05) is 36.5 Å². The maximum absolute atomic E-state index is 6.06. The van der Waals surface area contributed by atoms with Gasteiger partial charge in [0.25, 0.3) is 0 Å². The molecule has 1 unspecified atom stereocenters. The summed E-state index contributed by atoms with van der Waals surface area (Å²) in [6.07, 6.45) is 0.913. The highest BCUT2D eigenvalue weighted by atomic mass is 16.3. The lowest BCUT2D eigenvalue weighted by molar-refractivity contribution is 0.423. The fourth-order valence-electron chi connectivity index (χ4n) is 3.01. The average Bonchev–Trinajstić information content (AvgIpc) is 2.99. The number of aryl methyl sites for hydroxylation is 1. The minimum absolute atomic E-state index is 0.0974. The molecular weight excluding hydrogens is 262 g/mol. The van der Waals surface area contributed by atoms with Crippen LogP contribution in [0, 0.1) is 0 Å². The molecule has 1 aromatic carbocycles. The molecule has 1 atom stereocenters. The minimum atomic E-state index is 0.0974. The molecule has 2 aromatic rings. The Morgan fingerprint density at radius 2 is 1.90 bits per heavy atom. The van der Waals surface area contributed by atoms with E-state index in [1.807, 2.05) is 0 Å². The predicted molar refractivity (Wildman–Crippen MR) is 86.9 cm³/mol. The normalized spacial score (nSPS) is 16.0. The molecule has 0 saturated carbocycles. The molecule has 1 aliphatic rings. The van der Waals surface area contributed by atoms with Crippen molar-refractivity contribution in [1.29, 1.82) is 0 Å². The summed E-state index contributed by atoms with van der Waals surface area (Å²) in [5.41, 5.74) is 8.55. The van der Waals surface area contributed by atoms with Gasteiger partial charge < -0.3 is 20.0 Å². The molecule has 3 rings (SSSR count). The van der Waals surface area contributed by atoms with Crippen molar-refractivity contribution in [2.24, 2.45) is 5.73 Å². The molecule has 0 aliphatic carbocycles. The fourth-order valence-corrected chi connectivity index (χ4v) is 3.01. The summed E-state index contributed by atoms with van der Waals surface area (Å²) < 4.78 is 5.95. The molecule has 0 amide bonds. The van der Waals surface area contributed by atoms with Crippen LogP contribution in [0.3, 0.4) is 0 Å². The number of rotatable bonds is 4. The number of fused-ring (bicyclic) bond motifs is 1. The Morgan fingerprint density at radius 3 is 2.57 bits per heavy atom. The number of anilines is 2. The van der Waals surface area contributed by atoms with Crippen molar-refractivity contribution < 1.29 is 4.42 Å². The molecule has 0 fully saturated rings. The van der Waals surface area contributed by atoms with Crippen LogP contribution in [0.15, 0.2) is 40.8 Å². The number of benzene rings is 1. The van der Waals surface area contributed by atoms with Crippen molar-refractivity contribution in [3.05, 3.63) is 47.9 Å². The second-order valence-corrected chi connectivity index (χ2v) is 5.51. The van der Waals surface area contributed by atoms with Crippen LogP contribution in [-0.2, 0) is 6.42 Å². The lowest BCUT2D eigenvalue weighted by atomic mass is 10.1. The zero-order chi connectivity index (χ0) is 14.8. The third-order valence-corrected chi connectivity index (χ3v) is 4.24. The van der Waals surface area contributed by atoms with E-state index in [1.54, 1.807) is 0 Å². The molecule has 2 N–H and O–H groups in total. The van der Waals surface area contributed by atoms with Gasteiger partial charge in [-0.25, -0.2) is 0 Å².